The first-order valence-corrected chi connectivity index (χ1v) is 5.40. The molecule has 100 valence electrons. The Labute approximate surface area is 103 Å². The maximum Gasteiger partial charge on any atom is 0.417 e. The zero-order chi connectivity index (χ0) is 13.9. The molecule has 0 aliphatic carbocycles. The Kier molecular flexibility index (Phi) is 4.21. The molecule has 0 unspecified atom stereocenters. The third-order valence-electron chi connectivity index (χ3n) is 2.27. The molecule has 3 nitrogen and oxygen atoms in total. The summed E-state index contributed by atoms with van der Waals surface area (Å²) in [6.07, 6.45) is -4.66. The first kappa shape index (κ1) is 14.3. The van der Waals surface area contributed by atoms with Crippen LogP contribution in [-0.4, -0.2) is 17.6 Å². The van der Waals surface area contributed by atoms with E-state index in [9.17, 15) is 18.0 Å². The number of carboxylic acid groups (broad SMARTS) is 1. The lowest BCUT2D eigenvalue weighted by atomic mass is 10.1. The van der Waals surface area contributed by atoms with Crippen LogP contribution in [0.5, 0.6) is 0 Å². The van der Waals surface area contributed by atoms with Gasteiger partial charge < -0.3 is 10.4 Å². The molecule has 0 amide bonds. The van der Waals surface area contributed by atoms with Crippen LogP contribution in [0.2, 0.25) is 0 Å². The number of hydrogen-bond acceptors (Lipinski definition) is 2. The molecule has 0 spiro atoms. The second kappa shape index (κ2) is 5.29. The third kappa shape index (κ3) is 3.65. The van der Waals surface area contributed by atoms with E-state index in [1.807, 2.05) is 13.8 Å². The summed E-state index contributed by atoms with van der Waals surface area (Å²) in [5.74, 6) is -1.28. The molecule has 0 heterocycles. The fourth-order valence-electron chi connectivity index (χ4n) is 1.40. The van der Waals surface area contributed by atoms with Crippen molar-refractivity contribution in [2.75, 3.05) is 11.9 Å². The van der Waals surface area contributed by atoms with Crippen molar-refractivity contribution in [3.05, 3.63) is 29.3 Å². The Morgan fingerprint density at radius 2 is 2.00 bits per heavy atom. The van der Waals surface area contributed by atoms with Gasteiger partial charge in [-0.05, 0) is 24.1 Å². The third-order valence-corrected chi connectivity index (χ3v) is 2.27. The zero-order valence-corrected chi connectivity index (χ0v) is 10.0. The highest BCUT2D eigenvalue weighted by molar-refractivity contribution is 5.91. The van der Waals surface area contributed by atoms with E-state index >= 15 is 0 Å². The largest absolute Gasteiger partial charge is 0.478 e. The molecular formula is C12H14F3NO2. The van der Waals surface area contributed by atoms with Gasteiger partial charge in [-0.1, -0.05) is 13.8 Å². The van der Waals surface area contributed by atoms with Crippen LogP contribution < -0.4 is 5.32 Å². The van der Waals surface area contributed by atoms with Gasteiger partial charge in [-0.25, -0.2) is 4.79 Å². The molecule has 0 saturated carbocycles. The SMILES string of the molecule is CC(C)CNc1ccc(C(F)(F)F)c(C(=O)O)c1. The van der Waals surface area contributed by atoms with Crippen LogP contribution in [0.1, 0.15) is 29.8 Å². The van der Waals surface area contributed by atoms with Crippen molar-refractivity contribution in [3.8, 4) is 0 Å². The predicted molar refractivity (Wildman–Crippen MR) is 61.7 cm³/mol. The maximum atomic E-state index is 12.6. The average molecular weight is 261 g/mol. The second-order valence-corrected chi connectivity index (χ2v) is 4.34. The van der Waals surface area contributed by atoms with Crippen molar-refractivity contribution >= 4 is 11.7 Å². The van der Waals surface area contributed by atoms with E-state index in [1.54, 1.807) is 0 Å². The van der Waals surface area contributed by atoms with Crippen molar-refractivity contribution in [1.82, 2.24) is 0 Å². The number of anilines is 1. The minimum Gasteiger partial charge on any atom is -0.478 e. The molecule has 2 N–H and O–H groups in total. The molecule has 0 bridgehead atoms. The lowest BCUT2D eigenvalue weighted by molar-refractivity contribution is -0.138. The number of alkyl halides is 3. The smallest absolute Gasteiger partial charge is 0.417 e. The Morgan fingerprint density at radius 3 is 2.44 bits per heavy atom. The summed E-state index contributed by atoms with van der Waals surface area (Å²) in [5, 5.41) is 11.7. The first-order chi connectivity index (χ1) is 8.21. The molecule has 0 radical (unpaired) electrons. The number of hydrogen-bond donors (Lipinski definition) is 2. The minimum absolute atomic E-state index is 0.306. The molecule has 1 aromatic rings. The Morgan fingerprint density at radius 1 is 1.39 bits per heavy atom. The summed E-state index contributed by atoms with van der Waals surface area (Å²) in [4.78, 5) is 10.8. The van der Waals surface area contributed by atoms with Crippen LogP contribution in [0.25, 0.3) is 0 Å². The summed E-state index contributed by atoms with van der Waals surface area (Å²) < 4.78 is 37.7. The molecule has 0 aromatic heterocycles. The highest BCUT2D eigenvalue weighted by Gasteiger charge is 2.35. The van der Waals surface area contributed by atoms with Gasteiger partial charge in [0.05, 0.1) is 11.1 Å². The molecular weight excluding hydrogens is 247 g/mol. The number of nitrogens with one attached hydrogen (secondary N) is 1. The summed E-state index contributed by atoms with van der Waals surface area (Å²) in [6, 6.07) is 3.03. The zero-order valence-electron chi connectivity index (χ0n) is 10.0. The van der Waals surface area contributed by atoms with Crippen LogP contribution >= 0.6 is 0 Å². The quantitative estimate of drug-likeness (QED) is 0.872. The number of aromatic carboxylic acids is 1. The summed E-state index contributed by atoms with van der Waals surface area (Å²) >= 11 is 0. The normalized spacial score (nSPS) is 11.7. The monoisotopic (exact) mass is 261 g/mol. The van der Waals surface area contributed by atoms with E-state index in [0.29, 0.717) is 18.2 Å². The lowest BCUT2D eigenvalue weighted by Gasteiger charge is -2.13. The molecule has 6 heteroatoms. The molecule has 0 atom stereocenters. The Balaban J connectivity index is 3.08. The fourth-order valence-corrected chi connectivity index (χ4v) is 1.40. The first-order valence-electron chi connectivity index (χ1n) is 5.40. The number of rotatable bonds is 4. The Bertz CT molecular complexity index is 441. The molecule has 0 aliphatic rings. The van der Waals surface area contributed by atoms with Gasteiger partial charge in [0.25, 0.3) is 0 Å². The van der Waals surface area contributed by atoms with Crippen molar-refractivity contribution < 1.29 is 23.1 Å². The van der Waals surface area contributed by atoms with E-state index in [-0.39, 0.29) is 0 Å². The van der Waals surface area contributed by atoms with E-state index in [1.165, 1.54) is 6.07 Å². The van der Waals surface area contributed by atoms with Gasteiger partial charge in [0.15, 0.2) is 0 Å². The van der Waals surface area contributed by atoms with Crippen LogP contribution in [0.4, 0.5) is 18.9 Å². The minimum atomic E-state index is -4.66. The Hall–Kier alpha value is -1.72. The number of halogens is 3. The molecule has 0 saturated heterocycles. The van der Waals surface area contributed by atoms with Crippen LogP contribution in [0, 0.1) is 5.92 Å². The summed E-state index contributed by atoms with van der Waals surface area (Å²) in [6.45, 7) is 4.44. The summed E-state index contributed by atoms with van der Waals surface area (Å²) in [5.41, 5.74) is -1.50. The number of carboxylic acids is 1. The topological polar surface area (TPSA) is 49.3 Å². The van der Waals surface area contributed by atoms with Crippen molar-refractivity contribution in [1.29, 1.82) is 0 Å². The molecule has 0 aliphatic heterocycles. The van der Waals surface area contributed by atoms with E-state index in [2.05, 4.69) is 5.32 Å². The lowest BCUT2D eigenvalue weighted by Crippen LogP contribution is -2.14. The van der Waals surface area contributed by atoms with Crippen LogP contribution in [-0.2, 0) is 6.18 Å². The highest BCUT2D eigenvalue weighted by Crippen LogP contribution is 2.33. The van der Waals surface area contributed by atoms with Crippen molar-refractivity contribution in [2.24, 2.45) is 5.92 Å². The van der Waals surface area contributed by atoms with Crippen molar-refractivity contribution in [2.45, 2.75) is 20.0 Å². The van der Waals surface area contributed by atoms with Gasteiger partial charge >= 0.3 is 12.1 Å². The molecule has 1 aromatic carbocycles. The van der Waals surface area contributed by atoms with Gasteiger partial charge in [0.2, 0.25) is 0 Å². The number of benzene rings is 1. The average Bonchev–Trinajstić information content (AvgIpc) is 2.24. The summed E-state index contributed by atoms with van der Waals surface area (Å²) in [7, 11) is 0. The highest BCUT2D eigenvalue weighted by atomic mass is 19.4. The fraction of sp³-hybridized carbons (Fsp3) is 0.417. The van der Waals surface area contributed by atoms with Gasteiger partial charge in [-0.15, -0.1) is 0 Å². The maximum absolute atomic E-state index is 12.6. The van der Waals surface area contributed by atoms with Gasteiger partial charge in [-0.2, -0.15) is 13.2 Å². The molecule has 18 heavy (non-hydrogen) atoms. The predicted octanol–water partition coefficient (Wildman–Crippen LogP) is 3.47. The van der Waals surface area contributed by atoms with E-state index < -0.39 is 23.3 Å². The van der Waals surface area contributed by atoms with Gasteiger partial charge in [-0.3, -0.25) is 0 Å². The van der Waals surface area contributed by atoms with Crippen LogP contribution in [0.15, 0.2) is 18.2 Å². The second-order valence-electron chi connectivity index (χ2n) is 4.34. The standard InChI is InChI=1S/C12H14F3NO2/c1-7(2)6-16-8-3-4-10(12(13,14)15)9(5-8)11(17)18/h3-5,7,16H,6H2,1-2H3,(H,17,18). The van der Waals surface area contributed by atoms with E-state index in [0.717, 1.165) is 12.1 Å². The van der Waals surface area contributed by atoms with Gasteiger partial charge in [0, 0.05) is 12.2 Å². The van der Waals surface area contributed by atoms with Crippen molar-refractivity contribution in [3.63, 3.8) is 0 Å². The van der Waals surface area contributed by atoms with E-state index in [4.69, 9.17) is 5.11 Å². The number of carbonyl (C=O) groups is 1. The molecule has 1 rings (SSSR count). The van der Waals surface area contributed by atoms with Gasteiger partial charge in [0.1, 0.15) is 0 Å². The molecule has 0 fully saturated rings. The van der Waals surface area contributed by atoms with Crippen LogP contribution in [0.3, 0.4) is 0 Å².